The number of amides is 2. The molecule has 272 valence electrons. The maximum absolute atomic E-state index is 13.3. The molecule has 0 aliphatic carbocycles. The zero-order valence-corrected chi connectivity index (χ0v) is 27.1. The van der Waals surface area contributed by atoms with E-state index in [1.165, 1.54) is 33.2 Å². The van der Waals surface area contributed by atoms with Gasteiger partial charge >= 0.3 is 18.9 Å². The van der Waals surface area contributed by atoms with Gasteiger partial charge in [0.05, 0.1) is 19.8 Å². The van der Waals surface area contributed by atoms with Gasteiger partial charge in [-0.3, -0.25) is 9.59 Å². The summed E-state index contributed by atoms with van der Waals surface area (Å²) in [6, 6.07) is 6.46. The molecule has 0 saturated heterocycles. The first kappa shape index (κ1) is 39.2. The molecule has 2 aromatic carbocycles. The SMILES string of the molecule is COc1ccnc(C(=O)N[C@@H](C)C(=O)N[C@@H](C)C(O)(c2ccc(OC(F)(F)F)cc2)c2ccc(OC(F)(F)F)cc2)c1OC(=O)OCC(C)C. The lowest BCUT2D eigenvalue weighted by Gasteiger charge is -2.36. The van der Waals surface area contributed by atoms with E-state index in [9.17, 15) is 45.8 Å². The van der Waals surface area contributed by atoms with E-state index in [-0.39, 0.29) is 29.4 Å². The van der Waals surface area contributed by atoms with E-state index in [2.05, 4.69) is 25.1 Å². The van der Waals surface area contributed by atoms with Crippen LogP contribution < -0.4 is 29.6 Å². The second kappa shape index (κ2) is 16.0. The minimum absolute atomic E-state index is 0.0155. The molecule has 1 aromatic heterocycles. The Labute approximate surface area is 281 Å². The summed E-state index contributed by atoms with van der Waals surface area (Å²) in [6.07, 6.45) is -9.99. The average molecular weight is 718 g/mol. The molecule has 3 aromatic rings. The van der Waals surface area contributed by atoms with Gasteiger partial charge < -0.3 is 39.4 Å². The van der Waals surface area contributed by atoms with Crippen molar-refractivity contribution < 1.29 is 69.5 Å². The lowest BCUT2D eigenvalue weighted by atomic mass is 9.80. The molecular weight excluding hydrogens is 684 g/mol. The molecule has 50 heavy (non-hydrogen) atoms. The number of halogens is 6. The third-order valence-corrected chi connectivity index (χ3v) is 6.81. The number of alkyl halides is 6. The van der Waals surface area contributed by atoms with Crippen molar-refractivity contribution in [2.45, 2.75) is 58.1 Å². The van der Waals surface area contributed by atoms with E-state index in [0.29, 0.717) is 0 Å². The molecule has 0 spiro atoms. The van der Waals surface area contributed by atoms with Gasteiger partial charge in [-0.25, -0.2) is 9.78 Å². The fourth-order valence-corrected chi connectivity index (χ4v) is 4.46. The van der Waals surface area contributed by atoms with Gasteiger partial charge in [0.25, 0.3) is 5.91 Å². The molecular formula is C32H33F6N3O9. The van der Waals surface area contributed by atoms with E-state index >= 15 is 0 Å². The van der Waals surface area contributed by atoms with Crippen molar-refractivity contribution in [1.82, 2.24) is 15.6 Å². The largest absolute Gasteiger partial charge is 0.573 e. The average Bonchev–Trinajstić information content (AvgIpc) is 3.02. The number of ether oxygens (including phenoxy) is 5. The van der Waals surface area contributed by atoms with Crippen LogP contribution in [-0.2, 0) is 15.1 Å². The molecule has 3 rings (SSSR count). The van der Waals surface area contributed by atoms with E-state index in [0.717, 1.165) is 48.5 Å². The molecule has 2 amide bonds. The monoisotopic (exact) mass is 717 g/mol. The van der Waals surface area contributed by atoms with Crippen molar-refractivity contribution >= 4 is 18.0 Å². The van der Waals surface area contributed by atoms with Crippen LogP contribution in [0.3, 0.4) is 0 Å². The van der Waals surface area contributed by atoms with Crippen molar-refractivity contribution in [1.29, 1.82) is 0 Å². The van der Waals surface area contributed by atoms with E-state index in [1.54, 1.807) is 13.8 Å². The van der Waals surface area contributed by atoms with E-state index in [4.69, 9.17) is 14.2 Å². The predicted molar refractivity (Wildman–Crippen MR) is 161 cm³/mol. The molecule has 12 nitrogen and oxygen atoms in total. The van der Waals surface area contributed by atoms with Crippen LogP contribution in [0.2, 0.25) is 0 Å². The van der Waals surface area contributed by atoms with Gasteiger partial charge in [-0.1, -0.05) is 38.1 Å². The standard InChI is InChI=1S/C32H33F6N3O9/c1-17(2)16-47-29(44)48-26-24(46-5)14-15-39-25(26)28(43)40-18(3)27(42)41-19(4)30(45,20-6-10-22(11-7-20)49-31(33,34)35)21-8-12-23(13-9-21)50-32(36,37)38/h6-15,17-19,45H,16H2,1-5H3,(H,40,43)(H,41,42)/t18-,19-/m0/s1. The Kier molecular flexibility index (Phi) is 12.5. The van der Waals surface area contributed by atoms with Gasteiger partial charge in [0.15, 0.2) is 11.4 Å². The van der Waals surface area contributed by atoms with Gasteiger partial charge in [0.2, 0.25) is 11.7 Å². The van der Waals surface area contributed by atoms with Crippen molar-refractivity contribution in [3.05, 3.63) is 77.6 Å². The second-order valence-electron chi connectivity index (χ2n) is 11.1. The van der Waals surface area contributed by atoms with Crippen LogP contribution in [0.1, 0.15) is 49.3 Å². The summed E-state index contributed by atoms with van der Waals surface area (Å²) in [5.41, 5.74) is -2.91. The van der Waals surface area contributed by atoms with Gasteiger partial charge in [-0.05, 0) is 55.2 Å². The van der Waals surface area contributed by atoms with Gasteiger partial charge in [0.1, 0.15) is 23.1 Å². The molecule has 2 atom stereocenters. The Hall–Kier alpha value is -5.26. The van der Waals surface area contributed by atoms with Crippen molar-refractivity contribution in [3.63, 3.8) is 0 Å². The molecule has 0 saturated carbocycles. The highest BCUT2D eigenvalue weighted by Gasteiger charge is 2.40. The predicted octanol–water partition coefficient (Wildman–Crippen LogP) is 5.62. The third kappa shape index (κ3) is 10.6. The molecule has 0 unspecified atom stereocenters. The molecule has 0 radical (unpaired) electrons. The molecule has 3 N–H and O–H groups in total. The van der Waals surface area contributed by atoms with Gasteiger partial charge in [-0.2, -0.15) is 0 Å². The minimum Gasteiger partial charge on any atom is -0.493 e. The van der Waals surface area contributed by atoms with Crippen LogP contribution in [0, 0.1) is 5.92 Å². The Balaban J connectivity index is 1.87. The number of nitrogens with zero attached hydrogens (tertiary/aromatic N) is 1. The van der Waals surface area contributed by atoms with Crippen LogP contribution in [0.4, 0.5) is 31.1 Å². The lowest BCUT2D eigenvalue weighted by Crippen LogP contribution is -2.54. The van der Waals surface area contributed by atoms with Crippen molar-refractivity contribution in [2.24, 2.45) is 5.92 Å². The van der Waals surface area contributed by atoms with Gasteiger partial charge in [0, 0.05) is 12.3 Å². The molecule has 1 heterocycles. The second-order valence-corrected chi connectivity index (χ2v) is 11.1. The van der Waals surface area contributed by atoms with Crippen molar-refractivity contribution in [3.8, 4) is 23.0 Å². The number of hydrogen-bond donors (Lipinski definition) is 3. The number of carbonyl (C=O) groups is 3. The first-order valence-corrected chi connectivity index (χ1v) is 14.7. The third-order valence-electron chi connectivity index (χ3n) is 6.81. The number of rotatable bonds is 13. The number of nitrogens with one attached hydrogen (secondary N) is 2. The highest BCUT2D eigenvalue weighted by atomic mass is 19.4. The summed E-state index contributed by atoms with van der Waals surface area (Å²) in [6.45, 7) is 6.17. The fourth-order valence-electron chi connectivity index (χ4n) is 4.46. The van der Waals surface area contributed by atoms with Gasteiger partial charge in [-0.15, -0.1) is 26.3 Å². The highest BCUT2D eigenvalue weighted by molar-refractivity contribution is 5.99. The van der Waals surface area contributed by atoms with E-state index in [1.807, 2.05) is 0 Å². The number of hydrogen-bond acceptors (Lipinski definition) is 10. The zero-order valence-electron chi connectivity index (χ0n) is 27.1. The van der Waals surface area contributed by atoms with Crippen LogP contribution in [0.25, 0.3) is 0 Å². The van der Waals surface area contributed by atoms with Crippen LogP contribution in [0.15, 0.2) is 60.8 Å². The van der Waals surface area contributed by atoms with Crippen LogP contribution >= 0.6 is 0 Å². The maximum atomic E-state index is 13.3. The minimum atomic E-state index is -5.02. The number of carbonyl (C=O) groups excluding carboxylic acids is 3. The zero-order chi connectivity index (χ0) is 37.4. The van der Waals surface area contributed by atoms with E-state index < -0.39 is 71.3 Å². The van der Waals surface area contributed by atoms with Crippen molar-refractivity contribution in [2.75, 3.05) is 13.7 Å². The smallest absolute Gasteiger partial charge is 0.493 e. The first-order valence-electron chi connectivity index (χ1n) is 14.7. The normalized spacial score (nSPS) is 13.1. The summed E-state index contributed by atoms with van der Waals surface area (Å²) in [5.74, 6) is -3.61. The lowest BCUT2D eigenvalue weighted by molar-refractivity contribution is -0.275. The summed E-state index contributed by atoms with van der Waals surface area (Å²) >= 11 is 0. The Morgan fingerprint density at radius 1 is 0.800 bits per heavy atom. The number of aromatic nitrogens is 1. The van der Waals surface area contributed by atoms with Crippen LogP contribution in [0.5, 0.6) is 23.0 Å². The number of pyridine rings is 1. The Morgan fingerprint density at radius 3 is 1.74 bits per heavy atom. The first-order chi connectivity index (χ1) is 23.2. The summed E-state index contributed by atoms with van der Waals surface area (Å²) in [5, 5.41) is 16.9. The van der Waals surface area contributed by atoms with Crippen LogP contribution in [-0.4, -0.2) is 66.6 Å². The molecule has 18 heteroatoms. The molecule has 0 bridgehead atoms. The maximum Gasteiger partial charge on any atom is 0.573 e. The Bertz CT molecular complexity index is 1570. The number of aliphatic hydroxyl groups is 1. The summed E-state index contributed by atoms with van der Waals surface area (Å²) < 4.78 is 99.5. The number of benzene rings is 2. The molecule has 0 aliphatic rings. The highest BCUT2D eigenvalue weighted by Crippen LogP contribution is 2.36. The number of methoxy groups -OCH3 is 1. The fraction of sp³-hybridized carbons (Fsp3) is 0.375. The molecule has 0 fully saturated rings. The Morgan fingerprint density at radius 2 is 1.30 bits per heavy atom. The quantitative estimate of drug-likeness (QED) is 0.150. The topological polar surface area (TPSA) is 155 Å². The summed E-state index contributed by atoms with van der Waals surface area (Å²) in [4.78, 5) is 42.7. The summed E-state index contributed by atoms with van der Waals surface area (Å²) in [7, 11) is 1.25. The molecule has 0 aliphatic heterocycles.